The molecular weight excluding hydrogens is 240 g/mol. The maximum absolute atomic E-state index is 11.6. The highest BCUT2D eigenvalue weighted by Crippen LogP contribution is 2.41. The van der Waals surface area contributed by atoms with Gasteiger partial charge in [0.05, 0.1) is 17.2 Å². The van der Waals surface area contributed by atoms with E-state index >= 15 is 0 Å². The highest BCUT2D eigenvalue weighted by Gasteiger charge is 2.47. The number of rotatable bonds is 3. The van der Waals surface area contributed by atoms with E-state index in [-0.39, 0.29) is 18.1 Å². The number of pyridine rings is 1. The Morgan fingerprint density at radius 3 is 2.76 bits per heavy atom. The van der Waals surface area contributed by atoms with Crippen LogP contribution >= 0.6 is 0 Å². The molecule has 0 aromatic carbocycles. The lowest BCUT2D eigenvalue weighted by Crippen LogP contribution is -2.38. The molecule has 1 aromatic rings. The summed E-state index contributed by atoms with van der Waals surface area (Å²) in [5.74, 6) is 0.0301. The molecule has 1 aromatic heterocycles. The summed E-state index contributed by atoms with van der Waals surface area (Å²) in [7, 11) is -3.09. The Balaban J connectivity index is 2.32. The van der Waals surface area contributed by atoms with Gasteiger partial charge >= 0.3 is 0 Å². The average molecular weight is 256 g/mol. The van der Waals surface area contributed by atoms with Crippen molar-refractivity contribution in [2.24, 2.45) is 11.1 Å². The molecule has 2 unspecified atom stereocenters. The van der Waals surface area contributed by atoms with E-state index in [1.807, 2.05) is 0 Å². The first-order valence-electron chi connectivity index (χ1n) is 5.49. The van der Waals surface area contributed by atoms with Crippen LogP contribution in [0.25, 0.3) is 0 Å². The summed E-state index contributed by atoms with van der Waals surface area (Å²) in [6, 6.07) is 5.20. The smallest absolute Gasteiger partial charge is 0.151 e. The molecule has 0 bridgehead atoms. The summed E-state index contributed by atoms with van der Waals surface area (Å²) in [5, 5.41) is 10.3. The average Bonchev–Trinajstić information content (AvgIpc) is 2.66. The highest BCUT2D eigenvalue weighted by atomic mass is 32.2. The SMILES string of the molecule is NCC1(C(O)c2ccccn2)CCS(=O)(=O)C1. The molecule has 2 rings (SSSR count). The van der Waals surface area contributed by atoms with E-state index in [2.05, 4.69) is 4.98 Å². The lowest BCUT2D eigenvalue weighted by Gasteiger charge is -2.31. The zero-order valence-corrected chi connectivity index (χ0v) is 10.2. The van der Waals surface area contributed by atoms with Gasteiger partial charge < -0.3 is 10.8 Å². The van der Waals surface area contributed by atoms with Crippen molar-refractivity contribution in [1.82, 2.24) is 4.98 Å². The molecule has 1 aliphatic heterocycles. The van der Waals surface area contributed by atoms with Crippen LogP contribution in [-0.4, -0.2) is 36.6 Å². The van der Waals surface area contributed by atoms with Crippen molar-refractivity contribution >= 4 is 9.84 Å². The van der Waals surface area contributed by atoms with Crippen LogP contribution in [0.15, 0.2) is 24.4 Å². The van der Waals surface area contributed by atoms with Crippen LogP contribution in [0, 0.1) is 5.41 Å². The van der Waals surface area contributed by atoms with Crippen LogP contribution in [0.4, 0.5) is 0 Å². The Kier molecular flexibility index (Phi) is 3.20. The zero-order chi connectivity index (χ0) is 12.5. The van der Waals surface area contributed by atoms with Gasteiger partial charge in [-0.3, -0.25) is 4.98 Å². The molecule has 17 heavy (non-hydrogen) atoms. The normalized spacial score (nSPS) is 29.1. The minimum atomic E-state index is -3.09. The van der Waals surface area contributed by atoms with E-state index < -0.39 is 21.4 Å². The molecule has 0 aliphatic carbocycles. The van der Waals surface area contributed by atoms with E-state index in [1.54, 1.807) is 24.4 Å². The van der Waals surface area contributed by atoms with Crippen LogP contribution in [0.1, 0.15) is 18.2 Å². The van der Waals surface area contributed by atoms with E-state index in [9.17, 15) is 13.5 Å². The van der Waals surface area contributed by atoms with Crippen molar-refractivity contribution in [2.45, 2.75) is 12.5 Å². The first-order chi connectivity index (χ1) is 7.99. The lowest BCUT2D eigenvalue weighted by atomic mass is 9.80. The third kappa shape index (κ3) is 2.34. The third-order valence-electron chi connectivity index (χ3n) is 3.37. The van der Waals surface area contributed by atoms with Crippen LogP contribution in [0.3, 0.4) is 0 Å². The van der Waals surface area contributed by atoms with Crippen molar-refractivity contribution in [1.29, 1.82) is 0 Å². The lowest BCUT2D eigenvalue weighted by molar-refractivity contribution is 0.0437. The van der Waals surface area contributed by atoms with Gasteiger partial charge in [0.25, 0.3) is 0 Å². The summed E-state index contributed by atoms with van der Waals surface area (Å²) in [5.41, 5.74) is 5.37. The third-order valence-corrected chi connectivity index (χ3v) is 5.21. The van der Waals surface area contributed by atoms with Gasteiger partial charge in [-0.05, 0) is 18.6 Å². The van der Waals surface area contributed by atoms with Gasteiger partial charge in [-0.15, -0.1) is 0 Å². The van der Waals surface area contributed by atoms with E-state index in [4.69, 9.17) is 5.73 Å². The minimum absolute atomic E-state index is 0.0613. The number of aliphatic hydroxyl groups is 1. The van der Waals surface area contributed by atoms with Crippen LogP contribution in [-0.2, 0) is 9.84 Å². The van der Waals surface area contributed by atoms with Crippen molar-refractivity contribution < 1.29 is 13.5 Å². The first-order valence-corrected chi connectivity index (χ1v) is 7.31. The summed E-state index contributed by atoms with van der Waals surface area (Å²) in [6.45, 7) is 0.143. The van der Waals surface area contributed by atoms with Gasteiger partial charge in [0, 0.05) is 18.2 Å². The molecule has 1 aliphatic rings. The maximum Gasteiger partial charge on any atom is 0.151 e. The Bertz CT molecular complexity index is 489. The van der Waals surface area contributed by atoms with Gasteiger partial charge in [0.15, 0.2) is 9.84 Å². The number of aliphatic hydroxyl groups excluding tert-OH is 1. The molecule has 0 radical (unpaired) electrons. The number of nitrogens with zero attached hydrogens (tertiary/aromatic N) is 1. The molecule has 1 fully saturated rings. The fourth-order valence-electron chi connectivity index (χ4n) is 2.28. The van der Waals surface area contributed by atoms with Crippen molar-refractivity contribution in [3.63, 3.8) is 0 Å². The molecule has 6 heteroatoms. The molecular formula is C11H16N2O3S. The van der Waals surface area contributed by atoms with Crippen molar-refractivity contribution in [3.8, 4) is 0 Å². The summed E-state index contributed by atoms with van der Waals surface area (Å²) in [4.78, 5) is 4.06. The van der Waals surface area contributed by atoms with Gasteiger partial charge in [0.1, 0.15) is 6.10 Å². The quantitative estimate of drug-likeness (QED) is 0.786. The summed E-state index contributed by atoms with van der Waals surface area (Å²) >= 11 is 0. The second-order valence-electron chi connectivity index (χ2n) is 4.57. The van der Waals surface area contributed by atoms with Crippen LogP contribution in [0.2, 0.25) is 0 Å². The molecule has 2 atom stereocenters. The molecule has 3 N–H and O–H groups in total. The fourth-order valence-corrected chi connectivity index (χ4v) is 4.44. The largest absolute Gasteiger partial charge is 0.386 e. The van der Waals surface area contributed by atoms with Gasteiger partial charge in [-0.25, -0.2) is 8.42 Å². The zero-order valence-electron chi connectivity index (χ0n) is 9.41. The van der Waals surface area contributed by atoms with E-state index in [0.717, 1.165) is 0 Å². The number of hydrogen-bond acceptors (Lipinski definition) is 5. The predicted molar refractivity (Wildman–Crippen MR) is 64.0 cm³/mol. The first kappa shape index (κ1) is 12.5. The fraction of sp³-hybridized carbons (Fsp3) is 0.545. The Labute approximate surface area is 101 Å². The minimum Gasteiger partial charge on any atom is -0.386 e. The van der Waals surface area contributed by atoms with Gasteiger partial charge in [-0.1, -0.05) is 6.07 Å². The number of aromatic nitrogens is 1. The highest BCUT2D eigenvalue weighted by molar-refractivity contribution is 7.91. The second-order valence-corrected chi connectivity index (χ2v) is 6.75. The number of sulfone groups is 1. The van der Waals surface area contributed by atoms with E-state index in [0.29, 0.717) is 12.1 Å². The Morgan fingerprint density at radius 1 is 1.53 bits per heavy atom. The standard InChI is InChI=1S/C11H16N2O3S/c12-7-11(4-6-17(15,16)8-11)10(14)9-3-1-2-5-13-9/h1-3,5,10,14H,4,6-8,12H2. The van der Waals surface area contributed by atoms with Crippen molar-refractivity contribution in [3.05, 3.63) is 30.1 Å². The van der Waals surface area contributed by atoms with Gasteiger partial charge in [0.2, 0.25) is 0 Å². The van der Waals surface area contributed by atoms with Crippen molar-refractivity contribution in [2.75, 3.05) is 18.1 Å². The number of hydrogen-bond donors (Lipinski definition) is 2. The van der Waals surface area contributed by atoms with E-state index in [1.165, 1.54) is 0 Å². The topological polar surface area (TPSA) is 93.3 Å². The molecule has 0 spiro atoms. The summed E-state index contributed by atoms with van der Waals surface area (Å²) in [6.07, 6.45) is 1.04. The van der Waals surface area contributed by atoms with Gasteiger partial charge in [-0.2, -0.15) is 0 Å². The molecule has 0 saturated carbocycles. The number of nitrogens with two attached hydrogens (primary N) is 1. The molecule has 1 saturated heterocycles. The molecule has 5 nitrogen and oxygen atoms in total. The molecule has 0 amide bonds. The van der Waals surface area contributed by atoms with Crippen LogP contribution in [0.5, 0.6) is 0 Å². The summed E-state index contributed by atoms with van der Waals surface area (Å²) < 4.78 is 23.1. The Morgan fingerprint density at radius 2 is 2.29 bits per heavy atom. The second kappa shape index (κ2) is 4.36. The molecule has 94 valence electrons. The monoisotopic (exact) mass is 256 g/mol. The van der Waals surface area contributed by atoms with Crippen LogP contribution < -0.4 is 5.73 Å². The maximum atomic E-state index is 11.6. The predicted octanol–water partition coefficient (Wildman–Crippen LogP) is -0.121. The molecule has 2 heterocycles. The Hall–Kier alpha value is -0.980.